The van der Waals surface area contributed by atoms with Crippen molar-refractivity contribution in [3.05, 3.63) is 53.7 Å². The molecule has 2 aliphatic rings. The van der Waals surface area contributed by atoms with E-state index < -0.39 is 11.5 Å². The lowest BCUT2D eigenvalue weighted by atomic mass is 9.92. The lowest BCUT2D eigenvalue weighted by Gasteiger charge is -2.23. The van der Waals surface area contributed by atoms with Crippen molar-refractivity contribution in [2.75, 3.05) is 18.7 Å². The average molecular weight is 455 g/mol. The normalized spacial score (nSPS) is 17.2. The molecule has 2 heterocycles. The van der Waals surface area contributed by atoms with Crippen LogP contribution in [0.25, 0.3) is 10.9 Å². The van der Waals surface area contributed by atoms with Gasteiger partial charge in [0.05, 0.1) is 24.7 Å². The summed E-state index contributed by atoms with van der Waals surface area (Å²) < 4.78 is 12.9. The van der Waals surface area contributed by atoms with E-state index in [0.29, 0.717) is 18.0 Å². The highest BCUT2D eigenvalue weighted by atomic mass is 16.7. The Bertz CT molecular complexity index is 1230. The molecule has 0 radical (unpaired) electrons. The van der Waals surface area contributed by atoms with E-state index in [1.807, 2.05) is 36.4 Å². The minimum atomic E-state index is -0.836. The van der Waals surface area contributed by atoms with E-state index >= 15 is 0 Å². The van der Waals surface area contributed by atoms with Crippen molar-refractivity contribution in [1.29, 1.82) is 0 Å². The van der Waals surface area contributed by atoms with Crippen LogP contribution in [0.15, 0.2) is 42.5 Å². The van der Waals surface area contributed by atoms with Gasteiger partial charge in [0.25, 0.3) is 0 Å². The number of anilines is 1. The largest absolute Gasteiger partial charge is 0.454 e. The van der Waals surface area contributed by atoms with Gasteiger partial charge in [0, 0.05) is 30.6 Å². The summed E-state index contributed by atoms with van der Waals surface area (Å²) in [6, 6.07) is 13.7. The number of aromatic nitrogens is 1. The molecule has 1 aromatic heterocycles. The molecule has 7 heteroatoms. The van der Waals surface area contributed by atoms with Crippen LogP contribution in [0.2, 0.25) is 0 Å². The molecule has 5 rings (SSSR count). The molecule has 1 atom stereocenters. The second-order valence-corrected chi connectivity index (χ2v) is 10.1. The Balaban J connectivity index is 0.00000171. The Morgan fingerprint density at radius 1 is 1.15 bits per heavy atom. The minimum absolute atomic E-state index is 0. The fourth-order valence-electron chi connectivity index (χ4n) is 4.65. The number of carbonyl (C=O) groups is 1. The van der Waals surface area contributed by atoms with E-state index in [9.17, 15) is 15.0 Å². The Morgan fingerprint density at radius 2 is 1.91 bits per heavy atom. The van der Waals surface area contributed by atoms with Crippen molar-refractivity contribution >= 4 is 22.5 Å². The summed E-state index contributed by atoms with van der Waals surface area (Å²) in [5, 5.41) is 23.5. The number of fused-ring (bicyclic) bond motifs is 2. The highest BCUT2D eigenvalue weighted by Gasteiger charge is 2.51. The quantitative estimate of drug-likeness (QED) is 0.520. The number of rotatable bonds is 6. The number of hydrogen-bond donors (Lipinski definition) is 3. The van der Waals surface area contributed by atoms with Crippen molar-refractivity contribution in [2.45, 2.75) is 57.1 Å². The predicted molar refractivity (Wildman–Crippen MR) is 130 cm³/mol. The van der Waals surface area contributed by atoms with Crippen LogP contribution in [-0.4, -0.2) is 40.2 Å². The molecule has 0 spiro atoms. The summed E-state index contributed by atoms with van der Waals surface area (Å²) in [5.74, 6) is 1.38. The molecule has 1 aliphatic heterocycles. The van der Waals surface area contributed by atoms with Gasteiger partial charge in [0.2, 0.25) is 12.7 Å². The maximum atomic E-state index is 13.3. The van der Waals surface area contributed by atoms with Crippen LogP contribution in [-0.2, 0) is 22.2 Å². The van der Waals surface area contributed by atoms with Crippen LogP contribution in [0.1, 0.15) is 47.7 Å². The predicted octanol–water partition coefficient (Wildman–Crippen LogP) is 4.18. The number of ether oxygens (including phenoxy) is 2. The number of nitrogens with zero attached hydrogens (tertiary/aromatic N) is 1. The molecule has 1 fully saturated rings. The van der Waals surface area contributed by atoms with E-state index in [1.54, 1.807) is 0 Å². The van der Waals surface area contributed by atoms with Gasteiger partial charge in [-0.2, -0.15) is 0 Å². The molecule has 178 valence electrons. The van der Waals surface area contributed by atoms with Crippen molar-refractivity contribution < 1.29 is 27.3 Å². The Labute approximate surface area is 195 Å². The fraction of sp³-hybridized carbons (Fsp3) is 0.423. The summed E-state index contributed by atoms with van der Waals surface area (Å²) in [7, 11) is 0. The average Bonchev–Trinajstić information content (AvgIpc) is 3.32. The number of aliphatic hydroxyl groups excluding tert-OH is 2. The van der Waals surface area contributed by atoms with Gasteiger partial charge in [0.15, 0.2) is 11.5 Å². The topological polar surface area (TPSA) is 93.0 Å². The molecule has 2 aromatic carbocycles. The molecule has 33 heavy (non-hydrogen) atoms. The lowest BCUT2D eigenvalue weighted by Crippen LogP contribution is -2.27. The van der Waals surface area contributed by atoms with Crippen molar-refractivity contribution in [3.8, 4) is 11.5 Å². The number of nitrogens with one attached hydrogen (secondary N) is 1. The molecule has 0 bridgehead atoms. The van der Waals surface area contributed by atoms with Crippen LogP contribution in [0.4, 0.5) is 5.69 Å². The lowest BCUT2D eigenvalue weighted by molar-refractivity contribution is -0.118. The zero-order valence-corrected chi connectivity index (χ0v) is 19.2. The first-order chi connectivity index (χ1) is 15.7. The SMILES string of the molecule is CC(C)(C)c1cc2cc(NC(=O)C3(c4ccc5c(c4)OCO5)CC3)ccc2n1C[C@H](O)CO.[HH].[HH]. The van der Waals surface area contributed by atoms with Crippen LogP contribution in [0.3, 0.4) is 0 Å². The molecule has 1 saturated carbocycles. The number of aliphatic hydroxyl groups is 2. The summed E-state index contributed by atoms with van der Waals surface area (Å²) >= 11 is 0. The fourth-order valence-corrected chi connectivity index (χ4v) is 4.65. The second-order valence-electron chi connectivity index (χ2n) is 10.1. The zero-order chi connectivity index (χ0) is 23.4. The Morgan fingerprint density at radius 3 is 2.61 bits per heavy atom. The minimum Gasteiger partial charge on any atom is -0.454 e. The third-order valence-corrected chi connectivity index (χ3v) is 6.64. The molecule has 3 N–H and O–H groups in total. The van der Waals surface area contributed by atoms with Gasteiger partial charge in [0.1, 0.15) is 0 Å². The van der Waals surface area contributed by atoms with Gasteiger partial charge in [-0.05, 0) is 54.8 Å². The zero-order valence-electron chi connectivity index (χ0n) is 19.2. The molecular formula is C26H34N2O5. The second kappa shape index (κ2) is 7.78. The van der Waals surface area contributed by atoms with Crippen molar-refractivity contribution in [2.24, 2.45) is 0 Å². The van der Waals surface area contributed by atoms with Gasteiger partial charge < -0.3 is 29.6 Å². The summed E-state index contributed by atoms with van der Waals surface area (Å²) in [6.07, 6.45) is 0.756. The Kier molecular flexibility index (Phi) is 5.14. The molecule has 1 aliphatic carbocycles. The highest BCUT2D eigenvalue weighted by molar-refractivity contribution is 6.02. The number of amides is 1. The van der Waals surface area contributed by atoms with Crippen LogP contribution in [0, 0.1) is 0 Å². The first kappa shape index (κ1) is 21.8. The third-order valence-electron chi connectivity index (χ3n) is 6.64. The van der Waals surface area contributed by atoms with Gasteiger partial charge >= 0.3 is 0 Å². The maximum Gasteiger partial charge on any atom is 0.235 e. The van der Waals surface area contributed by atoms with Crippen LogP contribution >= 0.6 is 0 Å². The van der Waals surface area contributed by atoms with Gasteiger partial charge in [-0.25, -0.2) is 0 Å². The number of hydrogen-bond acceptors (Lipinski definition) is 5. The van der Waals surface area contributed by atoms with Crippen LogP contribution < -0.4 is 14.8 Å². The number of benzene rings is 2. The molecule has 7 nitrogen and oxygen atoms in total. The van der Waals surface area contributed by atoms with E-state index in [4.69, 9.17) is 9.47 Å². The maximum absolute atomic E-state index is 13.3. The van der Waals surface area contributed by atoms with Crippen LogP contribution in [0.5, 0.6) is 11.5 Å². The summed E-state index contributed by atoms with van der Waals surface area (Å²) in [6.45, 7) is 6.59. The summed E-state index contributed by atoms with van der Waals surface area (Å²) in [5.41, 5.74) is 3.03. The monoisotopic (exact) mass is 454 g/mol. The summed E-state index contributed by atoms with van der Waals surface area (Å²) in [4.78, 5) is 13.3. The van der Waals surface area contributed by atoms with E-state index in [2.05, 4.69) is 36.7 Å². The molecule has 3 aromatic rings. The van der Waals surface area contributed by atoms with E-state index in [-0.39, 0.29) is 27.6 Å². The van der Waals surface area contributed by atoms with E-state index in [1.165, 1.54) is 0 Å². The van der Waals surface area contributed by atoms with Crippen molar-refractivity contribution in [1.82, 2.24) is 4.57 Å². The number of carbonyl (C=O) groups excluding carboxylic acids is 1. The Hall–Kier alpha value is -3.03. The van der Waals surface area contributed by atoms with Crippen molar-refractivity contribution in [3.63, 3.8) is 0 Å². The molecule has 0 saturated heterocycles. The molecule has 0 unspecified atom stereocenters. The van der Waals surface area contributed by atoms with Gasteiger partial charge in [-0.1, -0.05) is 26.8 Å². The van der Waals surface area contributed by atoms with Gasteiger partial charge in [-0.3, -0.25) is 4.79 Å². The van der Waals surface area contributed by atoms with Gasteiger partial charge in [-0.15, -0.1) is 0 Å². The first-order valence-electron chi connectivity index (χ1n) is 11.4. The first-order valence-corrected chi connectivity index (χ1v) is 11.4. The molecular weight excluding hydrogens is 420 g/mol. The standard InChI is InChI=1S/C26H30N2O5.2H2/c1-25(2,3)23-11-16-10-18(5-6-20(16)28(23)13-19(30)14-29)27-24(31)26(8-9-26)17-4-7-21-22(12-17)33-15-32-21;;/h4-7,10-12,19,29-30H,8-9,13-15H2,1-3H3,(H,27,31);2*1H/t19-;;/m0../s1. The van der Waals surface area contributed by atoms with E-state index in [0.717, 1.165) is 40.7 Å². The highest BCUT2D eigenvalue weighted by Crippen LogP contribution is 2.51. The smallest absolute Gasteiger partial charge is 0.235 e. The third kappa shape index (κ3) is 3.85. The molecule has 1 amide bonds.